The Labute approximate surface area is 109 Å². The van der Waals surface area contributed by atoms with Crippen molar-refractivity contribution in [1.82, 2.24) is 10.1 Å². The first-order valence-corrected chi connectivity index (χ1v) is 6.96. The summed E-state index contributed by atoms with van der Waals surface area (Å²) in [5.41, 5.74) is 6.10. The first-order valence-electron chi connectivity index (χ1n) is 6.96. The van der Waals surface area contributed by atoms with Gasteiger partial charge in [-0.3, -0.25) is 0 Å². The van der Waals surface area contributed by atoms with E-state index < -0.39 is 0 Å². The summed E-state index contributed by atoms with van der Waals surface area (Å²) in [4.78, 5) is 6.65. The minimum atomic E-state index is -0.156. The van der Waals surface area contributed by atoms with Gasteiger partial charge in [0.15, 0.2) is 0 Å². The van der Waals surface area contributed by atoms with Crippen LogP contribution in [0, 0.1) is 0 Å². The molecule has 1 aliphatic carbocycles. The standard InChI is InChI=1S/C13H24N4O/c1-4-17(5-2)12-15-11(18-16-12)13(3)9-7-6-8-10(13)14/h10H,4-9,14H2,1-3H3. The molecule has 1 aliphatic rings. The Morgan fingerprint density at radius 3 is 2.72 bits per heavy atom. The quantitative estimate of drug-likeness (QED) is 0.888. The predicted octanol–water partition coefficient (Wildman–Crippen LogP) is 2.07. The van der Waals surface area contributed by atoms with Crippen molar-refractivity contribution in [3.05, 3.63) is 5.89 Å². The molecular weight excluding hydrogens is 228 g/mol. The topological polar surface area (TPSA) is 68.2 Å². The molecule has 0 saturated heterocycles. The van der Waals surface area contributed by atoms with Gasteiger partial charge in [0, 0.05) is 19.1 Å². The largest absolute Gasteiger partial charge is 0.339 e. The molecule has 2 N–H and O–H groups in total. The summed E-state index contributed by atoms with van der Waals surface area (Å²) in [5, 5.41) is 4.10. The van der Waals surface area contributed by atoms with Gasteiger partial charge in [0.05, 0.1) is 5.41 Å². The third-order valence-electron chi connectivity index (χ3n) is 4.23. The Bertz CT molecular complexity index is 388. The van der Waals surface area contributed by atoms with Crippen LogP contribution in [0.15, 0.2) is 4.52 Å². The van der Waals surface area contributed by atoms with Crippen molar-refractivity contribution in [1.29, 1.82) is 0 Å². The molecule has 0 aliphatic heterocycles. The number of nitrogens with zero attached hydrogens (tertiary/aromatic N) is 3. The summed E-state index contributed by atoms with van der Waals surface area (Å²) in [5.74, 6) is 1.39. The first-order chi connectivity index (χ1) is 8.61. The molecule has 0 amide bonds. The zero-order valence-corrected chi connectivity index (χ0v) is 11.6. The number of anilines is 1. The van der Waals surface area contributed by atoms with Gasteiger partial charge in [-0.1, -0.05) is 12.8 Å². The highest BCUT2D eigenvalue weighted by atomic mass is 16.5. The van der Waals surface area contributed by atoms with Gasteiger partial charge in [0.1, 0.15) is 0 Å². The van der Waals surface area contributed by atoms with Crippen LogP contribution >= 0.6 is 0 Å². The SMILES string of the molecule is CCN(CC)c1noc(C2(C)CCCCC2N)n1. The Morgan fingerprint density at radius 1 is 1.39 bits per heavy atom. The molecule has 0 aromatic carbocycles. The monoisotopic (exact) mass is 252 g/mol. The van der Waals surface area contributed by atoms with E-state index in [2.05, 4.69) is 35.8 Å². The lowest BCUT2D eigenvalue weighted by atomic mass is 9.72. The Kier molecular flexibility index (Phi) is 3.90. The van der Waals surface area contributed by atoms with E-state index in [-0.39, 0.29) is 11.5 Å². The lowest BCUT2D eigenvalue weighted by molar-refractivity contribution is 0.203. The first kappa shape index (κ1) is 13.3. The Morgan fingerprint density at radius 2 is 2.11 bits per heavy atom. The van der Waals surface area contributed by atoms with Crippen LogP contribution in [0.3, 0.4) is 0 Å². The highest BCUT2D eigenvalue weighted by Crippen LogP contribution is 2.37. The van der Waals surface area contributed by atoms with Crippen LogP contribution in [0.4, 0.5) is 5.95 Å². The van der Waals surface area contributed by atoms with E-state index in [0.717, 1.165) is 25.9 Å². The van der Waals surface area contributed by atoms with Crippen molar-refractivity contribution < 1.29 is 4.52 Å². The fourth-order valence-corrected chi connectivity index (χ4v) is 2.71. The van der Waals surface area contributed by atoms with Gasteiger partial charge in [0.25, 0.3) is 5.95 Å². The van der Waals surface area contributed by atoms with E-state index in [0.29, 0.717) is 11.8 Å². The Balaban J connectivity index is 2.23. The molecule has 1 heterocycles. The molecule has 1 saturated carbocycles. The second-order valence-corrected chi connectivity index (χ2v) is 5.34. The lowest BCUT2D eigenvalue weighted by Crippen LogP contribution is -2.45. The van der Waals surface area contributed by atoms with Crippen LogP contribution < -0.4 is 10.6 Å². The summed E-state index contributed by atoms with van der Waals surface area (Å²) in [7, 11) is 0. The highest BCUT2D eigenvalue weighted by molar-refractivity contribution is 5.28. The second kappa shape index (κ2) is 5.26. The summed E-state index contributed by atoms with van der Waals surface area (Å²) < 4.78 is 5.48. The lowest BCUT2D eigenvalue weighted by Gasteiger charge is -2.35. The molecule has 1 fully saturated rings. The van der Waals surface area contributed by atoms with Crippen molar-refractivity contribution >= 4 is 5.95 Å². The highest BCUT2D eigenvalue weighted by Gasteiger charge is 2.41. The maximum absolute atomic E-state index is 6.25. The van der Waals surface area contributed by atoms with Crippen molar-refractivity contribution in [3.63, 3.8) is 0 Å². The van der Waals surface area contributed by atoms with Gasteiger partial charge in [-0.2, -0.15) is 4.98 Å². The number of hydrogen-bond donors (Lipinski definition) is 1. The zero-order valence-electron chi connectivity index (χ0n) is 11.6. The molecular formula is C13H24N4O. The van der Waals surface area contributed by atoms with E-state index in [9.17, 15) is 0 Å². The molecule has 5 nitrogen and oxygen atoms in total. The number of hydrogen-bond acceptors (Lipinski definition) is 5. The van der Waals surface area contributed by atoms with Crippen molar-refractivity contribution in [3.8, 4) is 0 Å². The van der Waals surface area contributed by atoms with E-state index in [1.54, 1.807) is 0 Å². The van der Waals surface area contributed by atoms with Crippen molar-refractivity contribution in [2.75, 3.05) is 18.0 Å². The average Bonchev–Trinajstić information content (AvgIpc) is 2.85. The van der Waals surface area contributed by atoms with E-state index in [1.165, 1.54) is 12.8 Å². The molecule has 0 radical (unpaired) electrons. The Hall–Kier alpha value is -1.10. The molecule has 2 atom stereocenters. The van der Waals surface area contributed by atoms with Crippen LogP contribution in [0.5, 0.6) is 0 Å². The second-order valence-electron chi connectivity index (χ2n) is 5.34. The van der Waals surface area contributed by atoms with Crippen LogP contribution in [-0.4, -0.2) is 29.3 Å². The van der Waals surface area contributed by atoms with Gasteiger partial charge in [0.2, 0.25) is 5.89 Å². The minimum Gasteiger partial charge on any atom is -0.339 e. The zero-order chi connectivity index (χ0) is 13.2. The molecule has 18 heavy (non-hydrogen) atoms. The third kappa shape index (κ3) is 2.23. The smallest absolute Gasteiger partial charge is 0.266 e. The maximum atomic E-state index is 6.25. The third-order valence-corrected chi connectivity index (χ3v) is 4.23. The fourth-order valence-electron chi connectivity index (χ4n) is 2.71. The minimum absolute atomic E-state index is 0.122. The normalized spacial score (nSPS) is 28.3. The van der Waals surface area contributed by atoms with Gasteiger partial charge in [-0.05, 0) is 38.8 Å². The molecule has 1 aromatic rings. The number of rotatable bonds is 4. The van der Waals surface area contributed by atoms with Gasteiger partial charge in [-0.15, -0.1) is 0 Å². The van der Waals surface area contributed by atoms with Gasteiger partial charge in [-0.25, -0.2) is 0 Å². The average molecular weight is 252 g/mol. The predicted molar refractivity (Wildman–Crippen MR) is 71.7 cm³/mol. The van der Waals surface area contributed by atoms with E-state index >= 15 is 0 Å². The molecule has 2 rings (SSSR count). The molecule has 0 spiro atoms. The fraction of sp³-hybridized carbons (Fsp3) is 0.846. The van der Waals surface area contributed by atoms with Crippen LogP contribution in [-0.2, 0) is 5.41 Å². The molecule has 0 bridgehead atoms. The summed E-state index contributed by atoms with van der Waals surface area (Å²) in [6.07, 6.45) is 4.47. The van der Waals surface area contributed by atoms with Gasteiger partial charge >= 0.3 is 0 Å². The van der Waals surface area contributed by atoms with Crippen molar-refractivity contribution in [2.45, 2.75) is 57.9 Å². The number of nitrogens with two attached hydrogens (primary N) is 1. The van der Waals surface area contributed by atoms with E-state index in [4.69, 9.17) is 10.3 Å². The van der Waals surface area contributed by atoms with Gasteiger partial charge < -0.3 is 15.2 Å². The molecule has 5 heteroatoms. The summed E-state index contributed by atoms with van der Waals surface area (Å²) in [6.45, 7) is 8.11. The molecule has 1 aromatic heterocycles. The van der Waals surface area contributed by atoms with Crippen LogP contribution in [0.1, 0.15) is 52.3 Å². The summed E-state index contributed by atoms with van der Waals surface area (Å²) in [6, 6.07) is 0.122. The summed E-state index contributed by atoms with van der Waals surface area (Å²) >= 11 is 0. The van der Waals surface area contributed by atoms with Crippen molar-refractivity contribution in [2.24, 2.45) is 5.73 Å². The maximum Gasteiger partial charge on any atom is 0.266 e. The van der Waals surface area contributed by atoms with Crippen LogP contribution in [0.25, 0.3) is 0 Å². The number of aromatic nitrogens is 2. The molecule has 2 unspecified atom stereocenters. The van der Waals surface area contributed by atoms with E-state index in [1.807, 2.05) is 0 Å². The van der Waals surface area contributed by atoms with Crippen LogP contribution in [0.2, 0.25) is 0 Å². The molecule has 102 valence electrons.